The first-order chi connectivity index (χ1) is 7.81. The van der Waals surface area contributed by atoms with Crippen molar-refractivity contribution >= 4 is 22.3 Å². The van der Waals surface area contributed by atoms with Crippen LogP contribution in [0.3, 0.4) is 0 Å². The minimum Gasteiger partial charge on any atom is -0.259 e. The summed E-state index contributed by atoms with van der Waals surface area (Å²) in [5, 5.41) is 14.3. The van der Waals surface area contributed by atoms with Gasteiger partial charge in [0.2, 0.25) is 0 Å². The molecule has 2 rings (SSSR count). The van der Waals surface area contributed by atoms with Crippen molar-refractivity contribution in [3.8, 4) is 0 Å². The molecule has 0 spiro atoms. The van der Waals surface area contributed by atoms with Crippen LogP contribution in [0.25, 0.3) is 10.8 Å². The highest BCUT2D eigenvalue weighted by molar-refractivity contribution is 5.91. The summed E-state index contributed by atoms with van der Waals surface area (Å²) in [4.78, 5) is 0. The van der Waals surface area contributed by atoms with Gasteiger partial charge in [-0.1, -0.05) is 31.2 Å². The fourth-order valence-corrected chi connectivity index (χ4v) is 1.34. The van der Waals surface area contributed by atoms with Gasteiger partial charge in [0, 0.05) is 16.5 Å². The van der Waals surface area contributed by atoms with E-state index in [1.54, 1.807) is 6.20 Å². The van der Waals surface area contributed by atoms with Gasteiger partial charge in [0.15, 0.2) is 5.82 Å². The van der Waals surface area contributed by atoms with Gasteiger partial charge in [0.05, 0.1) is 6.20 Å². The fraction of sp³-hybridized carbons (Fsp3) is 0.250. The molecule has 0 atom stereocenters. The van der Waals surface area contributed by atoms with Crippen molar-refractivity contribution in [2.45, 2.75) is 20.3 Å². The predicted octanol–water partition coefficient (Wildman–Crippen LogP) is 2.83. The molecular weight excluding hydrogens is 200 g/mol. The minimum absolute atomic E-state index is 0.700. The highest BCUT2D eigenvalue weighted by Gasteiger charge is 2.00. The summed E-state index contributed by atoms with van der Waals surface area (Å²) < 4.78 is 0. The lowest BCUT2D eigenvalue weighted by atomic mass is 10.2. The molecule has 0 saturated heterocycles. The van der Waals surface area contributed by atoms with E-state index >= 15 is 0 Å². The summed E-state index contributed by atoms with van der Waals surface area (Å²) in [6.45, 7) is 4.04. The van der Waals surface area contributed by atoms with Gasteiger partial charge in [0.1, 0.15) is 0 Å². The summed E-state index contributed by atoms with van der Waals surface area (Å²) in [6.07, 6.45) is 2.67. The first kappa shape index (κ1) is 10.5. The molecular formula is C12H14N4. The Morgan fingerprint density at radius 3 is 3.00 bits per heavy atom. The van der Waals surface area contributed by atoms with Crippen LogP contribution in [-0.4, -0.2) is 15.9 Å². The van der Waals surface area contributed by atoms with Crippen LogP contribution in [0.2, 0.25) is 0 Å². The number of aromatic nitrogens is 2. The zero-order chi connectivity index (χ0) is 11.4. The van der Waals surface area contributed by atoms with Gasteiger partial charge in [-0.15, -0.1) is 5.10 Å². The second kappa shape index (κ2) is 4.70. The van der Waals surface area contributed by atoms with Crippen LogP contribution in [0.15, 0.2) is 35.6 Å². The lowest BCUT2D eigenvalue weighted by Crippen LogP contribution is -1.99. The van der Waals surface area contributed by atoms with E-state index in [0.717, 1.165) is 22.9 Å². The van der Waals surface area contributed by atoms with Crippen LogP contribution in [0.4, 0.5) is 5.82 Å². The Morgan fingerprint density at radius 2 is 2.19 bits per heavy atom. The maximum absolute atomic E-state index is 4.23. The Bertz CT molecular complexity index is 514. The van der Waals surface area contributed by atoms with Crippen molar-refractivity contribution in [3.63, 3.8) is 0 Å². The molecule has 1 aromatic carbocycles. The minimum atomic E-state index is 0.700. The van der Waals surface area contributed by atoms with E-state index in [2.05, 4.69) is 27.6 Å². The topological polar surface area (TPSA) is 50.2 Å². The van der Waals surface area contributed by atoms with Crippen molar-refractivity contribution in [3.05, 3.63) is 30.5 Å². The van der Waals surface area contributed by atoms with Crippen LogP contribution in [0, 0.1) is 0 Å². The molecule has 0 radical (unpaired) electrons. The van der Waals surface area contributed by atoms with Crippen LogP contribution in [0.1, 0.15) is 20.3 Å². The third kappa shape index (κ3) is 2.16. The maximum atomic E-state index is 4.23. The van der Waals surface area contributed by atoms with E-state index in [-0.39, 0.29) is 0 Å². The number of hydrogen-bond donors (Lipinski definition) is 1. The molecule has 0 amide bonds. The zero-order valence-electron chi connectivity index (χ0n) is 9.44. The molecule has 1 N–H and O–H groups in total. The average Bonchev–Trinajstić information content (AvgIpc) is 2.35. The average molecular weight is 214 g/mol. The van der Waals surface area contributed by atoms with E-state index in [1.165, 1.54) is 0 Å². The van der Waals surface area contributed by atoms with Gasteiger partial charge in [-0.3, -0.25) is 5.43 Å². The third-order valence-electron chi connectivity index (χ3n) is 2.43. The summed E-state index contributed by atoms with van der Waals surface area (Å²) in [5.74, 6) is 0.700. The van der Waals surface area contributed by atoms with Gasteiger partial charge in [0.25, 0.3) is 0 Å². The highest BCUT2D eigenvalue weighted by atomic mass is 15.3. The summed E-state index contributed by atoms with van der Waals surface area (Å²) >= 11 is 0. The van der Waals surface area contributed by atoms with Crippen molar-refractivity contribution in [1.29, 1.82) is 0 Å². The Labute approximate surface area is 94.4 Å². The molecule has 0 aliphatic rings. The van der Waals surface area contributed by atoms with Crippen LogP contribution < -0.4 is 5.43 Å². The largest absolute Gasteiger partial charge is 0.259 e. The number of fused-ring (bicyclic) bond motifs is 1. The number of nitrogens with zero attached hydrogens (tertiary/aromatic N) is 3. The molecule has 0 aliphatic heterocycles. The van der Waals surface area contributed by atoms with Crippen LogP contribution in [-0.2, 0) is 0 Å². The van der Waals surface area contributed by atoms with Crippen LogP contribution in [0.5, 0.6) is 0 Å². The lowest BCUT2D eigenvalue weighted by Gasteiger charge is -2.03. The molecule has 2 aromatic rings. The monoisotopic (exact) mass is 214 g/mol. The van der Waals surface area contributed by atoms with E-state index < -0.39 is 0 Å². The van der Waals surface area contributed by atoms with Crippen molar-refractivity contribution < 1.29 is 0 Å². The quantitative estimate of drug-likeness (QED) is 0.631. The first-order valence-corrected chi connectivity index (χ1v) is 5.31. The van der Waals surface area contributed by atoms with Crippen molar-refractivity contribution in [1.82, 2.24) is 10.2 Å². The highest BCUT2D eigenvalue weighted by Crippen LogP contribution is 2.18. The van der Waals surface area contributed by atoms with Crippen LogP contribution >= 0.6 is 0 Å². The normalized spacial score (nSPS) is 11.8. The molecule has 0 saturated carbocycles. The number of hydrazone groups is 1. The molecule has 0 bridgehead atoms. The number of benzene rings is 1. The number of rotatable bonds is 3. The zero-order valence-corrected chi connectivity index (χ0v) is 9.44. The van der Waals surface area contributed by atoms with Gasteiger partial charge in [-0.25, -0.2) is 0 Å². The SMILES string of the molecule is CC/C(C)=N\Nc1nncc2ccccc12. The third-order valence-corrected chi connectivity index (χ3v) is 2.43. The van der Waals surface area contributed by atoms with Crippen molar-refractivity contribution in [2.75, 3.05) is 5.43 Å². The second-order valence-electron chi connectivity index (χ2n) is 3.59. The maximum Gasteiger partial charge on any atom is 0.176 e. The van der Waals surface area contributed by atoms with Gasteiger partial charge >= 0.3 is 0 Å². The molecule has 82 valence electrons. The standard InChI is InChI=1S/C12H14N4/c1-3-9(2)14-16-12-11-7-5-4-6-10(11)8-13-15-12/h4-8H,3H2,1-2H3,(H,15,16)/b14-9-. The number of hydrogen-bond acceptors (Lipinski definition) is 4. The van der Waals surface area contributed by atoms with E-state index in [9.17, 15) is 0 Å². The summed E-state index contributed by atoms with van der Waals surface area (Å²) in [7, 11) is 0. The van der Waals surface area contributed by atoms with Crippen molar-refractivity contribution in [2.24, 2.45) is 5.10 Å². The van der Waals surface area contributed by atoms with E-state index in [4.69, 9.17) is 0 Å². The Hall–Kier alpha value is -1.97. The molecule has 1 aromatic heterocycles. The van der Waals surface area contributed by atoms with Gasteiger partial charge in [-0.2, -0.15) is 10.2 Å². The van der Waals surface area contributed by atoms with E-state index in [1.807, 2.05) is 31.2 Å². The molecule has 0 fully saturated rings. The molecule has 4 nitrogen and oxygen atoms in total. The summed E-state index contributed by atoms with van der Waals surface area (Å²) in [6, 6.07) is 7.97. The smallest absolute Gasteiger partial charge is 0.176 e. The Morgan fingerprint density at radius 1 is 1.38 bits per heavy atom. The number of anilines is 1. The lowest BCUT2D eigenvalue weighted by molar-refractivity contribution is 1.04. The predicted molar refractivity (Wildman–Crippen MR) is 66.6 cm³/mol. The van der Waals surface area contributed by atoms with Gasteiger partial charge in [-0.05, 0) is 13.3 Å². The fourth-order valence-electron chi connectivity index (χ4n) is 1.34. The molecule has 4 heteroatoms. The molecule has 16 heavy (non-hydrogen) atoms. The second-order valence-corrected chi connectivity index (χ2v) is 3.59. The Kier molecular flexibility index (Phi) is 3.10. The summed E-state index contributed by atoms with van der Waals surface area (Å²) in [5.41, 5.74) is 3.99. The Balaban J connectivity index is 2.37. The molecule has 0 unspecified atom stereocenters. The first-order valence-electron chi connectivity index (χ1n) is 5.31. The number of nitrogens with one attached hydrogen (secondary N) is 1. The van der Waals surface area contributed by atoms with E-state index in [0.29, 0.717) is 5.82 Å². The molecule has 0 aliphatic carbocycles. The molecule has 1 heterocycles. The van der Waals surface area contributed by atoms with Gasteiger partial charge < -0.3 is 0 Å².